The van der Waals surface area contributed by atoms with Gasteiger partial charge in [0.05, 0.1) is 22.0 Å². The summed E-state index contributed by atoms with van der Waals surface area (Å²) < 4.78 is 58.7. The number of carboxylic acids is 1. The zero-order chi connectivity index (χ0) is 24.6. The van der Waals surface area contributed by atoms with Crippen LogP contribution >= 0.6 is 11.6 Å². The van der Waals surface area contributed by atoms with Crippen LogP contribution < -0.4 is 4.74 Å². The van der Waals surface area contributed by atoms with Gasteiger partial charge in [0.15, 0.2) is 6.61 Å². The molecule has 0 amide bonds. The molecule has 0 unspecified atom stereocenters. The standard InChI is InChI=1S/C23H17ClF4N2O4/c24-15-5-3-7-18(34-11-23(26,27)28)19(15)21(31)30-17-6-2-1-4-14(17)20(29-30)13-9-8-12(22(32)33)10-16(13)25/h3,5,7-10H,1-2,4,6,11H2,(H,32,33). The number of halogens is 5. The van der Waals surface area contributed by atoms with E-state index in [1.54, 1.807) is 0 Å². The van der Waals surface area contributed by atoms with Gasteiger partial charge in [-0.1, -0.05) is 17.7 Å². The molecule has 1 N–H and O–H groups in total. The van der Waals surface area contributed by atoms with E-state index in [4.69, 9.17) is 21.4 Å². The van der Waals surface area contributed by atoms with Crippen molar-refractivity contribution in [3.8, 4) is 17.0 Å². The molecule has 11 heteroatoms. The lowest BCUT2D eigenvalue weighted by molar-refractivity contribution is -0.153. The molecule has 0 bridgehead atoms. The molecule has 6 nitrogen and oxygen atoms in total. The van der Waals surface area contributed by atoms with E-state index in [-0.39, 0.29) is 33.2 Å². The van der Waals surface area contributed by atoms with Crippen LogP contribution in [0.5, 0.6) is 5.75 Å². The maximum atomic E-state index is 14.8. The largest absolute Gasteiger partial charge is 0.483 e. The van der Waals surface area contributed by atoms with Crippen molar-refractivity contribution >= 4 is 23.5 Å². The first-order valence-corrected chi connectivity index (χ1v) is 10.6. The summed E-state index contributed by atoms with van der Waals surface area (Å²) in [5.74, 6) is -3.28. The predicted molar refractivity (Wildman–Crippen MR) is 114 cm³/mol. The van der Waals surface area contributed by atoms with Crippen molar-refractivity contribution in [2.45, 2.75) is 31.9 Å². The molecular formula is C23H17ClF4N2O4. The van der Waals surface area contributed by atoms with E-state index in [9.17, 15) is 27.2 Å². The number of ether oxygens (including phenoxy) is 1. The number of fused-ring (bicyclic) bond motifs is 1. The van der Waals surface area contributed by atoms with Crippen LogP contribution in [0.4, 0.5) is 17.6 Å². The lowest BCUT2D eigenvalue weighted by atomic mass is 9.93. The van der Waals surface area contributed by atoms with Gasteiger partial charge in [-0.05, 0) is 56.0 Å². The fraction of sp³-hybridized carbons (Fsp3) is 0.261. The summed E-state index contributed by atoms with van der Waals surface area (Å²) in [5, 5.41) is 13.3. The highest BCUT2D eigenvalue weighted by Crippen LogP contribution is 2.35. The van der Waals surface area contributed by atoms with Gasteiger partial charge in [0, 0.05) is 11.1 Å². The lowest BCUT2D eigenvalue weighted by Crippen LogP contribution is -2.23. The van der Waals surface area contributed by atoms with E-state index < -0.39 is 30.5 Å². The van der Waals surface area contributed by atoms with Crippen LogP contribution in [0.15, 0.2) is 36.4 Å². The smallest absolute Gasteiger partial charge is 0.422 e. The highest BCUT2D eigenvalue weighted by Gasteiger charge is 2.32. The molecule has 2 aromatic carbocycles. The van der Waals surface area contributed by atoms with Crippen LogP contribution in [0, 0.1) is 5.82 Å². The molecule has 0 spiro atoms. The van der Waals surface area contributed by atoms with Crippen molar-refractivity contribution in [2.75, 3.05) is 6.61 Å². The van der Waals surface area contributed by atoms with E-state index in [1.165, 1.54) is 30.3 Å². The number of nitrogens with zero attached hydrogens (tertiary/aromatic N) is 2. The number of carbonyl (C=O) groups excluding carboxylic acids is 1. The number of aromatic nitrogens is 2. The maximum absolute atomic E-state index is 14.8. The summed E-state index contributed by atoms with van der Waals surface area (Å²) in [4.78, 5) is 24.6. The van der Waals surface area contributed by atoms with Crippen molar-refractivity contribution in [3.63, 3.8) is 0 Å². The molecule has 0 fully saturated rings. The zero-order valence-corrected chi connectivity index (χ0v) is 18.2. The van der Waals surface area contributed by atoms with Gasteiger partial charge in [-0.2, -0.15) is 23.0 Å². The first-order chi connectivity index (χ1) is 16.1. The fourth-order valence-corrected chi connectivity index (χ4v) is 4.17. The lowest BCUT2D eigenvalue weighted by Gasteiger charge is -2.16. The number of carbonyl (C=O) groups is 2. The topological polar surface area (TPSA) is 81.4 Å². The van der Waals surface area contributed by atoms with Crippen molar-refractivity contribution < 1.29 is 37.0 Å². The number of hydrogen-bond acceptors (Lipinski definition) is 4. The first-order valence-electron chi connectivity index (χ1n) is 10.2. The second-order valence-electron chi connectivity index (χ2n) is 7.71. The molecular weight excluding hydrogens is 480 g/mol. The minimum absolute atomic E-state index is 0.0161. The molecule has 1 aliphatic carbocycles. The van der Waals surface area contributed by atoms with E-state index in [0.29, 0.717) is 24.1 Å². The van der Waals surface area contributed by atoms with Gasteiger partial charge in [-0.25, -0.2) is 9.18 Å². The molecule has 4 rings (SSSR count). The van der Waals surface area contributed by atoms with Gasteiger partial charge in [-0.15, -0.1) is 0 Å². The third-order valence-corrected chi connectivity index (χ3v) is 5.74. The molecule has 178 valence electrons. The Morgan fingerprint density at radius 3 is 2.56 bits per heavy atom. The Bertz CT molecular complexity index is 1290. The molecule has 34 heavy (non-hydrogen) atoms. The third kappa shape index (κ3) is 4.63. The quantitative estimate of drug-likeness (QED) is 0.468. The summed E-state index contributed by atoms with van der Waals surface area (Å²) in [6.45, 7) is -1.61. The van der Waals surface area contributed by atoms with E-state index in [2.05, 4.69) is 5.10 Å². The van der Waals surface area contributed by atoms with E-state index >= 15 is 0 Å². The van der Waals surface area contributed by atoms with Gasteiger partial charge >= 0.3 is 12.1 Å². The molecule has 0 saturated heterocycles. The highest BCUT2D eigenvalue weighted by molar-refractivity contribution is 6.34. The van der Waals surface area contributed by atoms with Gasteiger partial charge in [0.25, 0.3) is 5.91 Å². The molecule has 3 aromatic rings. The van der Waals surface area contributed by atoms with Gasteiger partial charge in [0.1, 0.15) is 17.1 Å². The van der Waals surface area contributed by atoms with Crippen LogP contribution in [0.2, 0.25) is 5.02 Å². The number of rotatable bonds is 5. The van der Waals surface area contributed by atoms with Crippen molar-refractivity contribution in [1.29, 1.82) is 0 Å². The Hall–Kier alpha value is -3.40. The molecule has 1 aliphatic rings. The Morgan fingerprint density at radius 2 is 1.88 bits per heavy atom. The van der Waals surface area contributed by atoms with E-state index in [1.807, 2.05) is 0 Å². The predicted octanol–water partition coefficient (Wildman–Crippen LogP) is 5.55. The summed E-state index contributed by atoms with van der Waals surface area (Å²) >= 11 is 6.16. The third-order valence-electron chi connectivity index (χ3n) is 5.42. The number of aromatic carboxylic acids is 1. The number of benzene rings is 2. The van der Waals surface area contributed by atoms with Gasteiger partial charge in [0.2, 0.25) is 0 Å². The van der Waals surface area contributed by atoms with Crippen LogP contribution in [0.25, 0.3) is 11.3 Å². The van der Waals surface area contributed by atoms with Crippen LogP contribution in [0.1, 0.15) is 44.8 Å². The fourth-order valence-electron chi connectivity index (χ4n) is 3.92. The summed E-state index contributed by atoms with van der Waals surface area (Å²) in [7, 11) is 0. The molecule has 1 aromatic heterocycles. The van der Waals surface area contributed by atoms with Crippen LogP contribution in [-0.2, 0) is 12.8 Å². The van der Waals surface area contributed by atoms with Crippen molar-refractivity contribution in [1.82, 2.24) is 9.78 Å². The minimum atomic E-state index is -4.62. The summed E-state index contributed by atoms with van der Waals surface area (Å²) in [6.07, 6.45) is -2.20. The molecule has 1 heterocycles. The SMILES string of the molecule is O=C(O)c1ccc(-c2nn(C(=O)c3c(Cl)cccc3OCC(F)(F)F)c3c2CCCC3)c(F)c1. The molecule has 0 aliphatic heterocycles. The average Bonchev–Trinajstić information content (AvgIpc) is 3.16. The first kappa shape index (κ1) is 23.7. The minimum Gasteiger partial charge on any atom is -0.483 e. The molecule has 0 atom stereocenters. The summed E-state index contributed by atoms with van der Waals surface area (Å²) in [5.41, 5.74) is 0.761. The Kier molecular flexibility index (Phi) is 6.35. The van der Waals surface area contributed by atoms with Gasteiger partial charge in [-0.3, -0.25) is 4.79 Å². The van der Waals surface area contributed by atoms with Crippen LogP contribution in [0.3, 0.4) is 0 Å². The molecule has 0 radical (unpaired) electrons. The Labute approximate surface area is 195 Å². The number of hydrogen-bond donors (Lipinski definition) is 1. The van der Waals surface area contributed by atoms with Crippen molar-refractivity contribution in [3.05, 3.63) is 69.6 Å². The maximum Gasteiger partial charge on any atom is 0.422 e. The van der Waals surface area contributed by atoms with Crippen LogP contribution in [-0.4, -0.2) is 39.5 Å². The van der Waals surface area contributed by atoms with Gasteiger partial charge < -0.3 is 9.84 Å². The Balaban J connectivity index is 1.81. The monoisotopic (exact) mass is 496 g/mol. The zero-order valence-electron chi connectivity index (χ0n) is 17.5. The molecule has 0 saturated carbocycles. The van der Waals surface area contributed by atoms with Crippen molar-refractivity contribution in [2.24, 2.45) is 0 Å². The summed E-state index contributed by atoms with van der Waals surface area (Å²) in [6, 6.07) is 7.27. The number of carboxylic acid groups (broad SMARTS) is 1. The number of alkyl halides is 3. The highest BCUT2D eigenvalue weighted by atomic mass is 35.5. The van der Waals surface area contributed by atoms with E-state index in [0.717, 1.165) is 23.6 Å². The normalized spacial score (nSPS) is 13.4. The Morgan fingerprint density at radius 1 is 1.15 bits per heavy atom. The average molecular weight is 497 g/mol. The second kappa shape index (κ2) is 9.09. The second-order valence-corrected chi connectivity index (χ2v) is 8.12.